The summed E-state index contributed by atoms with van der Waals surface area (Å²) in [6, 6.07) is 3.50. The van der Waals surface area contributed by atoms with Crippen LogP contribution in [0.15, 0.2) is 24.4 Å². The van der Waals surface area contributed by atoms with E-state index in [1.165, 1.54) is 6.07 Å². The number of ether oxygens (including phenoxy) is 1. The summed E-state index contributed by atoms with van der Waals surface area (Å²) in [4.78, 5) is 18.5. The third-order valence-electron chi connectivity index (χ3n) is 6.82. The first kappa shape index (κ1) is 23.5. The highest BCUT2D eigenvalue weighted by Crippen LogP contribution is 2.40. The van der Waals surface area contributed by atoms with Crippen molar-refractivity contribution in [2.45, 2.75) is 72.6 Å². The van der Waals surface area contributed by atoms with E-state index >= 15 is 4.39 Å². The van der Waals surface area contributed by atoms with E-state index in [2.05, 4.69) is 31.1 Å². The number of benzene rings is 1. The second kappa shape index (κ2) is 8.92. The highest BCUT2D eigenvalue weighted by atomic mass is 19.1. The number of anilines is 1. The first-order chi connectivity index (χ1) is 15.6. The fraction of sp³-hybridized carbons (Fsp3) is 0.538. The Morgan fingerprint density at radius 2 is 2.03 bits per heavy atom. The zero-order valence-corrected chi connectivity index (χ0v) is 20.0. The number of fused-ring (bicyclic) bond motifs is 1. The molecule has 0 spiro atoms. The Hall–Kier alpha value is -2.70. The molecular weight excluding hydrogens is 424 g/mol. The number of rotatable bonds is 6. The maximum atomic E-state index is 15.0. The summed E-state index contributed by atoms with van der Waals surface area (Å²) in [6.07, 6.45) is 4.18. The Morgan fingerprint density at radius 1 is 1.27 bits per heavy atom. The highest BCUT2D eigenvalue weighted by molar-refractivity contribution is 5.99. The van der Waals surface area contributed by atoms with Crippen molar-refractivity contribution in [2.75, 3.05) is 11.9 Å². The molecule has 7 heteroatoms. The third-order valence-corrected chi connectivity index (χ3v) is 6.82. The maximum absolute atomic E-state index is 15.0. The van der Waals surface area contributed by atoms with Crippen molar-refractivity contribution in [3.8, 4) is 5.75 Å². The number of nitrogens with one attached hydrogen (secondary N) is 1. The molecule has 2 aromatic rings. The predicted octanol–water partition coefficient (Wildman–Crippen LogP) is 6.10. The van der Waals surface area contributed by atoms with Crippen LogP contribution < -0.4 is 10.1 Å². The van der Waals surface area contributed by atoms with E-state index in [4.69, 9.17) is 4.74 Å². The summed E-state index contributed by atoms with van der Waals surface area (Å²) in [5, 5.41) is 3.17. The van der Waals surface area contributed by atoms with Gasteiger partial charge >= 0.3 is 0 Å². The van der Waals surface area contributed by atoms with Crippen molar-refractivity contribution in [2.24, 2.45) is 11.3 Å². The molecule has 1 aliphatic heterocycles. The van der Waals surface area contributed by atoms with Crippen LogP contribution in [0.5, 0.6) is 5.75 Å². The van der Waals surface area contributed by atoms with Crippen molar-refractivity contribution >= 4 is 11.7 Å². The molecule has 1 unspecified atom stereocenters. The Labute approximate surface area is 194 Å². The van der Waals surface area contributed by atoms with Gasteiger partial charge in [0.2, 0.25) is 0 Å². The van der Waals surface area contributed by atoms with Gasteiger partial charge < -0.3 is 15.0 Å². The predicted molar refractivity (Wildman–Crippen MR) is 124 cm³/mol. The Kier molecular flexibility index (Phi) is 6.34. The largest absolute Gasteiger partial charge is 0.487 e. The number of carbonyl (C=O) groups excluding carboxylic acids is 1. The van der Waals surface area contributed by atoms with Crippen molar-refractivity contribution < 1.29 is 18.3 Å². The molecule has 1 saturated carbocycles. The summed E-state index contributed by atoms with van der Waals surface area (Å²) in [5.74, 6) is -0.192. The molecule has 1 aliphatic carbocycles. The minimum absolute atomic E-state index is 0.0375. The lowest BCUT2D eigenvalue weighted by molar-refractivity contribution is 0.0533. The molecule has 1 aromatic carbocycles. The van der Waals surface area contributed by atoms with Gasteiger partial charge in [0.25, 0.3) is 5.91 Å². The number of amides is 1. The fourth-order valence-corrected chi connectivity index (χ4v) is 5.44. The number of hydrogen-bond donors (Lipinski definition) is 1. The topological polar surface area (TPSA) is 54.5 Å². The molecule has 33 heavy (non-hydrogen) atoms. The molecular formula is C26H33F2N3O2. The summed E-state index contributed by atoms with van der Waals surface area (Å²) in [7, 11) is 0. The van der Waals surface area contributed by atoms with Crippen LogP contribution in [0.1, 0.15) is 81.4 Å². The number of pyridine rings is 1. The lowest BCUT2D eigenvalue weighted by Crippen LogP contribution is -2.34. The zero-order valence-electron chi connectivity index (χ0n) is 20.0. The number of aromatic nitrogens is 1. The molecule has 1 fully saturated rings. The summed E-state index contributed by atoms with van der Waals surface area (Å²) in [5.41, 5.74) is 1.69. The van der Waals surface area contributed by atoms with Crippen LogP contribution in [-0.4, -0.2) is 28.4 Å². The molecule has 1 amide bonds. The lowest BCUT2D eigenvalue weighted by Gasteiger charge is -2.38. The molecule has 0 bridgehead atoms. The number of halogens is 2. The van der Waals surface area contributed by atoms with E-state index in [1.807, 2.05) is 6.92 Å². The van der Waals surface area contributed by atoms with E-state index in [1.54, 1.807) is 24.1 Å². The minimum atomic E-state index is -0.574. The average molecular weight is 458 g/mol. The summed E-state index contributed by atoms with van der Waals surface area (Å²) in [6.45, 7) is 11.3. The van der Waals surface area contributed by atoms with E-state index in [0.717, 1.165) is 30.9 Å². The highest BCUT2D eigenvalue weighted by Gasteiger charge is 2.34. The molecule has 0 radical (unpaired) electrons. The van der Waals surface area contributed by atoms with Gasteiger partial charge in [0, 0.05) is 35.5 Å². The molecule has 2 heterocycles. The Balaban J connectivity index is 1.52. The SMILES string of the molecule is CCN1Cc2c(ccnc2NC(C)c2cc(F)c(O[C@@H]3C[C@@H](C)CC(C)(C)C3)cc2F)C1=O. The van der Waals surface area contributed by atoms with Crippen molar-refractivity contribution in [1.29, 1.82) is 0 Å². The van der Waals surface area contributed by atoms with Gasteiger partial charge in [-0.3, -0.25) is 4.79 Å². The van der Waals surface area contributed by atoms with Gasteiger partial charge in [-0.15, -0.1) is 0 Å². The molecule has 2 aliphatic rings. The van der Waals surface area contributed by atoms with Crippen LogP contribution >= 0.6 is 0 Å². The zero-order chi connectivity index (χ0) is 23.9. The first-order valence-corrected chi connectivity index (χ1v) is 11.8. The van der Waals surface area contributed by atoms with Gasteiger partial charge in [0.05, 0.1) is 18.7 Å². The fourth-order valence-electron chi connectivity index (χ4n) is 5.44. The van der Waals surface area contributed by atoms with Crippen LogP contribution in [0.3, 0.4) is 0 Å². The number of carbonyl (C=O) groups is 1. The molecule has 4 rings (SSSR count). The van der Waals surface area contributed by atoms with Crippen LogP contribution in [0.2, 0.25) is 0 Å². The van der Waals surface area contributed by atoms with Crippen LogP contribution in [-0.2, 0) is 6.54 Å². The smallest absolute Gasteiger partial charge is 0.254 e. The minimum Gasteiger partial charge on any atom is -0.487 e. The molecule has 5 nitrogen and oxygen atoms in total. The monoisotopic (exact) mass is 457 g/mol. The van der Waals surface area contributed by atoms with E-state index in [0.29, 0.717) is 30.4 Å². The molecule has 0 saturated heterocycles. The van der Waals surface area contributed by atoms with Gasteiger partial charge in [-0.2, -0.15) is 0 Å². The van der Waals surface area contributed by atoms with Crippen molar-refractivity contribution in [1.82, 2.24) is 9.88 Å². The van der Waals surface area contributed by atoms with Crippen molar-refractivity contribution in [3.63, 3.8) is 0 Å². The average Bonchev–Trinajstić information content (AvgIpc) is 3.06. The molecule has 1 N–H and O–H groups in total. The van der Waals surface area contributed by atoms with Gasteiger partial charge in [0.1, 0.15) is 11.6 Å². The second-order valence-electron chi connectivity index (χ2n) is 10.3. The van der Waals surface area contributed by atoms with Crippen LogP contribution in [0, 0.1) is 23.0 Å². The Bertz CT molecular complexity index is 1060. The van der Waals surface area contributed by atoms with Gasteiger partial charge in [-0.25, -0.2) is 13.8 Å². The number of hydrogen-bond acceptors (Lipinski definition) is 4. The van der Waals surface area contributed by atoms with Gasteiger partial charge in [0.15, 0.2) is 11.6 Å². The van der Waals surface area contributed by atoms with E-state index < -0.39 is 17.7 Å². The Morgan fingerprint density at radius 3 is 2.73 bits per heavy atom. The number of nitrogens with zero attached hydrogens (tertiary/aromatic N) is 2. The first-order valence-electron chi connectivity index (χ1n) is 11.8. The standard InChI is InChI=1S/C26H33F2N3O2/c1-6-31-14-20-18(25(31)32)7-8-29-24(20)30-16(3)19-10-22(28)23(11-21(19)27)33-17-9-15(2)12-26(4,5)13-17/h7-8,10-11,15-17H,6,9,12-14H2,1-5H3,(H,29,30)/t15-,16?,17-/m1/s1. The van der Waals surface area contributed by atoms with Gasteiger partial charge in [-0.05, 0) is 56.6 Å². The van der Waals surface area contributed by atoms with Crippen molar-refractivity contribution in [3.05, 3.63) is 52.7 Å². The lowest BCUT2D eigenvalue weighted by atomic mass is 9.71. The van der Waals surface area contributed by atoms with Crippen LogP contribution in [0.25, 0.3) is 0 Å². The maximum Gasteiger partial charge on any atom is 0.254 e. The van der Waals surface area contributed by atoms with Crippen LogP contribution in [0.4, 0.5) is 14.6 Å². The normalized spacial score (nSPS) is 22.8. The molecule has 3 atom stereocenters. The van der Waals surface area contributed by atoms with E-state index in [9.17, 15) is 9.18 Å². The second-order valence-corrected chi connectivity index (χ2v) is 10.3. The quantitative estimate of drug-likeness (QED) is 0.569. The summed E-state index contributed by atoms with van der Waals surface area (Å²) >= 11 is 0. The summed E-state index contributed by atoms with van der Waals surface area (Å²) < 4.78 is 35.9. The van der Waals surface area contributed by atoms with E-state index in [-0.39, 0.29) is 28.7 Å². The molecule has 178 valence electrons. The van der Waals surface area contributed by atoms with Gasteiger partial charge in [-0.1, -0.05) is 20.8 Å². The third kappa shape index (κ3) is 4.82. The molecule has 1 aromatic heterocycles.